The van der Waals surface area contributed by atoms with Gasteiger partial charge in [0.15, 0.2) is 10.8 Å². The minimum Gasteiger partial charge on any atom is -0.478 e. The smallest absolute Gasteiger partial charge is 0.352 e. The van der Waals surface area contributed by atoms with E-state index in [-0.39, 0.29) is 58.1 Å². The zero-order chi connectivity index (χ0) is 38.2. The van der Waals surface area contributed by atoms with E-state index in [1.165, 1.54) is 19.2 Å². The number of carbonyl (C=O) groups is 8. The average Bonchev–Trinajstić information content (AvgIpc) is 3.51. The number of carboxylic acids is 2. The molecule has 5 heterocycles. The van der Waals surface area contributed by atoms with Crippen molar-refractivity contribution < 1.29 is 62.9 Å². The standard InChI is InChI=1S/C29H31N7O13S3/c1-10(37)47-5-12-7-50-24-16(32-20(39)15(14-9-52-28(30)31-14)34-49-29(3,4)27(45)46)22(41)35(24)18(12)21(40)33-17-23(42)36-19(26(43)44)13(6-48-11(2)38)8-51-25(17)36/h9,16-17,24-25H,5-8H2,1-4H3,(H2,30,31)(H,32,39)(H,33,40)(H,43,44)(H,45,46)/b34-15+/t16-,17-,24-,25-/m1/s1. The van der Waals surface area contributed by atoms with E-state index in [1.54, 1.807) is 0 Å². The first-order valence-electron chi connectivity index (χ1n) is 15.1. The summed E-state index contributed by atoms with van der Waals surface area (Å²) in [5.41, 5.74) is 3.20. The molecule has 0 unspecified atom stereocenters. The molecule has 278 valence electrons. The number of β-lactam (4-membered cyclic amide) rings is 2. The quantitative estimate of drug-likeness (QED) is 0.0682. The first-order chi connectivity index (χ1) is 24.4. The van der Waals surface area contributed by atoms with Crippen LogP contribution in [0.2, 0.25) is 0 Å². The lowest BCUT2D eigenvalue weighted by atomic mass is 10.00. The average molecular weight is 782 g/mol. The second-order valence-corrected chi connectivity index (χ2v) is 15.0. The summed E-state index contributed by atoms with van der Waals surface area (Å²) in [7, 11) is 0. The van der Waals surface area contributed by atoms with Crippen molar-refractivity contribution in [3.63, 3.8) is 0 Å². The normalized spacial score (nSPS) is 22.7. The van der Waals surface area contributed by atoms with Crippen molar-refractivity contribution in [2.24, 2.45) is 5.16 Å². The van der Waals surface area contributed by atoms with Crippen molar-refractivity contribution >= 4 is 93.2 Å². The molecule has 5 rings (SSSR count). The number of nitrogens with zero attached hydrogens (tertiary/aromatic N) is 4. The molecule has 0 radical (unpaired) electrons. The first kappa shape index (κ1) is 38.1. The maximum atomic E-state index is 13.9. The number of esters is 2. The van der Waals surface area contributed by atoms with Crippen molar-refractivity contribution in [1.29, 1.82) is 0 Å². The van der Waals surface area contributed by atoms with Crippen LogP contribution in [0.4, 0.5) is 5.13 Å². The van der Waals surface area contributed by atoms with Crippen LogP contribution in [-0.2, 0) is 52.7 Å². The Labute approximate surface area is 306 Å². The van der Waals surface area contributed by atoms with Gasteiger partial charge in [0, 0.05) is 41.9 Å². The predicted molar refractivity (Wildman–Crippen MR) is 181 cm³/mol. The molecule has 6 N–H and O–H groups in total. The second kappa shape index (κ2) is 14.8. The third-order valence-corrected chi connectivity index (χ3v) is 11.2. The molecule has 20 nitrogen and oxygen atoms in total. The molecule has 0 aromatic carbocycles. The van der Waals surface area contributed by atoms with Crippen LogP contribution >= 0.6 is 34.9 Å². The molecule has 0 spiro atoms. The Hall–Kier alpha value is -5.16. The number of aliphatic carboxylic acids is 2. The molecule has 4 atom stereocenters. The topological polar surface area (TPSA) is 287 Å². The number of hydrogen-bond donors (Lipinski definition) is 5. The second-order valence-electron chi connectivity index (χ2n) is 11.9. The Bertz CT molecular complexity index is 1870. The zero-order valence-corrected chi connectivity index (χ0v) is 30.1. The molecule has 2 fully saturated rings. The van der Waals surface area contributed by atoms with Crippen LogP contribution in [-0.4, -0.2) is 131 Å². The number of anilines is 1. The van der Waals surface area contributed by atoms with E-state index in [1.807, 2.05) is 0 Å². The number of nitrogens with one attached hydrogen (secondary N) is 2. The highest BCUT2D eigenvalue weighted by Gasteiger charge is 2.57. The van der Waals surface area contributed by atoms with Gasteiger partial charge < -0.3 is 40.9 Å². The Morgan fingerprint density at radius 3 is 1.92 bits per heavy atom. The lowest BCUT2D eigenvalue weighted by Gasteiger charge is -2.51. The molecule has 52 heavy (non-hydrogen) atoms. The fourth-order valence-electron chi connectivity index (χ4n) is 5.20. The molecule has 4 aliphatic heterocycles. The van der Waals surface area contributed by atoms with Crippen LogP contribution in [0.1, 0.15) is 33.4 Å². The lowest BCUT2D eigenvalue weighted by Crippen LogP contribution is -2.73. The number of ether oxygens (including phenoxy) is 2. The molecule has 0 saturated carbocycles. The third kappa shape index (κ3) is 7.41. The molecule has 23 heteroatoms. The molecular formula is C29H31N7O13S3. The molecule has 2 saturated heterocycles. The summed E-state index contributed by atoms with van der Waals surface area (Å²) < 4.78 is 10.1. The minimum absolute atomic E-state index is 0.0519. The van der Waals surface area contributed by atoms with E-state index in [4.69, 9.17) is 20.0 Å². The molecule has 4 aliphatic rings. The summed E-state index contributed by atoms with van der Waals surface area (Å²) in [5, 5.41) is 27.8. The maximum absolute atomic E-state index is 13.9. The van der Waals surface area contributed by atoms with E-state index < -0.39 is 81.7 Å². The third-order valence-electron chi connectivity index (χ3n) is 7.84. The largest absolute Gasteiger partial charge is 0.478 e. The van der Waals surface area contributed by atoms with Crippen molar-refractivity contribution in [2.75, 3.05) is 30.5 Å². The number of oxime groups is 1. The summed E-state index contributed by atoms with van der Waals surface area (Å²) >= 11 is 3.25. The van der Waals surface area contributed by atoms with Gasteiger partial charge >= 0.3 is 23.9 Å². The number of thiazole rings is 1. The number of nitrogen functional groups attached to an aromatic ring is 1. The highest BCUT2D eigenvalue weighted by molar-refractivity contribution is 8.00. The van der Waals surface area contributed by atoms with E-state index >= 15 is 0 Å². The van der Waals surface area contributed by atoms with E-state index in [9.17, 15) is 48.6 Å². The van der Waals surface area contributed by atoms with Crippen molar-refractivity contribution in [1.82, 2.24) is 25.4 Å². The predicted octanol–water partition coefficient (Wildman–Crippen LogP) is -1.17. The van der Waals surface area contributed by atoms with Gasteiger partial charge in [-0.3, -0.25) is 38.6 Å². The molecule has 0 bridgehead atoms. The SMILES string of the molecule is CC(=O)OCC1=C(C(=O)O)N2C(=O)[C@@H](NC(=O)C3=C(COC(C)=O)CS[C@@H]4[C@H](NC(=O)/C(=N/OC(C)(C)C(=O)O)c5csc(N)n5)C(=O)N34)[C@H]2SC1. The van der Waals surface area contributed by atoms with Crippen LogP contribution < -0.4 is 16.4 Å². The van der Waals surface area contributed by atoms with E-state index in [2.05, 4.69) is 20.8 Å². The minimum atomic E-state index is -1.84. The van der Waals surface area contributed by atoms with Gasteiger partial charge in [-0.2, -0.15) is 0 Å². The number of rotatable bonds is 13. The van der Waals surface area contributed by atoms with Crippen LogP contribution in [0.3, 0.4) is 0 Å². The van der Waals surface area contributed by atoms with Gasteiger partial charge in [0.05, 0.1) is 0 Å². The van der Waals surface area contributed by atoms with Crippen LogP contribution in [0.25, 0.3) is 0 Å². The van der Waals surface area contributed by atoms with Gasteiger partial charge in [0.25, 0.3) is 23.6 Å². The van der Waals surface area contributed by atoms with Gasteiger partial charge in [-0.15, -0.1) is 34.9 Å². The maximum Gasteiger partial charge on any atom is 0.352 e. The number of carbonyl (C=O) groups excluding carboxylic acids is 6. The summed E-state index contributed by atoms with van der Waals surface area (Å²) in [6, 6.07) is -2.43. The summed E-state index contributed by atoms with van der Waals surface area (Å²) in [6.45, 7) is 4.01. The number of hydrogen-bond acceptors (Lipinski definition) is 17. The fourth-order valence-corrected chi connectivity index (χ4v) is 8.40. The Morgan fingerprint density at radius 2 is 1.44 bits per heavy atom. The molecule has 4 amide bonds. The Kier molecular flexibility index (Phi) is 10.9. The first-order valence-corrected chi connectivity index (χ1v) is 18.1. The van der Waals surface area contributed by atoms with Gasteiger partial charge in [-0.1, -0.05) is 5.16 Å². The van der Waals surface area contributed by atoms with Crippen LogP contribution in [0.15, 0.2) is 33.1 Å². The van der Waals surface area contributed by atoms with Crippen molar-refractivity contribution in [3.05, 3.63) is 33.6 Å². The number of amides is 4. The summed E-state index contributed by atoms with van der Waals surface area (Å²) in [4.78, 5) is 112. The number of carboxylic acid groups (broad SMARTS) is 2. The van der Waals surface area contributed by atoms with Crippen LogP contribution in [0, 0.1) is 0 Å². The molecular weight excluding hydrogens is 751 g/mol. The number of fused-ring (bicyclic) bond motifs is 2. The van der Waals surface area contributed by atoms with Crippen molar-refractivity contribution in [3.8, 4) is 0 Å². The highest BCUT2D eigenvalue weighted by atomic mass is 32.2. The van der Waals surface area contributed by atoms with Gasteiger partial charge in [0.2, 0.25) is 5.60 Å². The Balaban J connectivity index is 1.36. The number of thioether (sulfide) groups is 2. The fraction of sp³-hybridized carbons (Fsp3) is 0.448. The lowest BCUT2D eigenvalue weighted by molar-refractivity contribution is -0.161. The monoisotopic (exact) mass is 781 g/mol. The van der Waals surface area contributed by atoms with Crippen LogP contribution in [0.5, 0.6) is 0 Å². The zero-order valence-electron chi connectivity index (χ0n) is 27.7. The van der Waals surface area contributed by atoms with Crippen molar-refractivity contribution in [2.45, 2.75) is 56.1 Å². The molecule has 0 aliphatic carbocycles. The van der Waals surface area contributed by atoms with Gasteiger partial charge in [-0.25, -0.2) is 14.6 Å². The molecule has 1 aromatic rings. The van der Waals surface area contributed by atoms with E-state index in [0.717, 1.165) is 58.5 Å². The highest BCUT2D eigenvalue weighted by Crippen LogP contribution is 2.43. The van der Waals surface area contributed by atoms with E-state index in [0.29, 0.717) is 0 Å². The number of aromatic nitrogens is 1. The van der Waals surface area contributed by atoms with Gasteiger partial charge in [-0.05, 0) is 13.8 Å². The molecule has 1 aromatic heterocycles. The summed E-state index contributed by atoms with van der Waals surface area (Å²) in [6.07, 6.45) is 0. The van der Waals surface area contributed by atoms with Gasteiger partial charge in [0.1, 0.15) is 53.1 Å². The Morgan fingerprint density at radius 1 is 0.923 bits per heavy atom. The summed E-state index contributed by atoms with van der Waals surface area (Å²) in [5.74, 6) is -7.31. The number of nitrogens with two attached hydrogens (primary N) is 1.